The fourth-order valence-corrected chi connectivity index (χ4v) is 4.04. The number of amides is 1. The van der Waals surface area contributed by atoms with Gasteiger partial charge in [-0.2, -0.15) is 0 Å². The Balaban J connectivity index is 1.49. The third kappa shape index (κ3) is 3.39. The normalized spacial score (nSPS) is 17.5. The summed E-state index contributed by atoms with van der Waals surface area (Å²) in [6, 6.07) is 7.88. The number of nitrogens with zero attached hydrogens (tertiary/aromatic N) is 3. The summed E-state index contributed by atoms with van der Waals surface area (Å²) in [5, 5.41) is 10.2. The topological polar surface area (TPSA) is 59.2 Å². The number of likely N-dealkylation sites (tertiary alicyclic amines) is 1. The predicted molar refractivity (Wildman–Crippen MR) is 96.6 cm³/mol. The van der Waals surface area contributed by atoms with Gasteiger partial charge in [-0.3, -0.25) is 4.79 Å². The molecule has 0 bridgehead atoms. The number of piperidine rings is 1. The molecule has 1 aliphatic rings. The van der Waals surface area contributed by atoms with E-state index in [4.69, 9.17) is 4.42 Å². The SMILES string of the molecule is Cc1csc(C(=O)N2CCCC(c3nnc(-c4ccc(F)cc4)o3)C2)c1. The Morgan fingerprint density at radius 3 is 2.85 bits per heavy atom. The molecule has 26 heavy (non-hydrogen) atoms. The van der Waals surface area contributed by atoms with E-state index < -0.39 is 0 Å². The van der Waals surface area contributed by atoms with Gasteiger partial charge in [0.2, 0.25) is 11.8 Å². The Kier molecular flexibility index (Phi) is 4.55. The summed E-state index contributed by atoms with van der Waals surface area (Å²) < 4.78 is 18.9. The highest BCUT2D eigenvalue weighted by Crippen LogP contribution is 2.30. The fourth-order valence-electron chi connectivity index (χ4n) is 3.17. The Morgan fingerprint density at radius 2 is 2.12 bits per heavy atom. The molecule has 1 amide bonds. The molecule has 0 aliphatic carbocycles. The first-order valence-corrected chi connectivity index (χ1v) is 9.42. The number of thiophene rings is 1. The van der Waals surface area contributed by atoms with Crippen LogP contribution in [0.5, 0.6) is 0 Å². The molecule has 1 atom stereocenters. The molecule has 1 fully saturated rings. The number of halogens is 1. The molecule has 3 heterocycles. The van der Waals surface area contributed by atoms with Crippen LogP contribution in [0.25, 0.3) is 11.5 Å². The van der Waals surface area contributed by atoms with Crippen molar-refractivity contribution in [1.82, 2.24) is 15.1 Å². The van der Waals surface area contributed by atoms with Gasteiger partial charge in [0.15, 0.2) is 0 Å². The van der Waals surface area contributed by atoms with E-state index in [0.717, 1.165) is 29.8 Å². The van der Waals surface area contributed by atoms with Crippen LogP contribution in [0.1, 0.15) is 39.9 Å². The molecule has 3 aromatic rings. The zero-order valence-corrected chi connectivity index (χ0v) is 15.1. The van der Waals surface area contributed by atoms with Crippen molar-refractivity contribution in [3.05, 3.63) is 57.9 Å². The Labute approximate surface area is 154 Å². The summed E-state index contributed by atoms with van der Waals surface area (Å²) in [5.41, 5.74) is 1.79. The first-order chi connectivity index (χ1) is 12.6. The summed E-state index contributed by atoms with van der Waals surface area (Å²) >= 11 is 1.48. The molecule has 7 heteroatoms. The first kappa shape index (κ1) is 16.9. The summed E-state index contributed by atoms with van der Waals surface area (Å²) in [6.45, 7) is 3.30. The third-order valence-electron chi connectivity index (χ3n) is 4.53. The zero-order chi connectivity index (χ0) is 18.1. The van der Waals surface area contributed by atoms with Gasteiger partial charge in [-0.1, -0.05) is 0 Å². The highest BCUT2D eigenvalue weighted by molar-refractivity contribution is 7.12. The fraction of sp³-hybridized carbons (Fsp3) is 0.316. The van der Waals surface area contributed by atoms with E-state index in [2.05, 4.69) is 10.2 Å². The van der Waals surface area contributed by atoms with E-state index >= 15 is 0 Å². The predicted octanol–water partition coefficient (Wildman–Crippen LogP) is 4.27. The van der Waals surface area contributed by atoms with Gasteiger partial charge in [-0.25, -0.2) is 4.39 Å². The van der Waals surface area contributed by atoms with Crippen molar-refractivity contribution in [3.8, 4) is 11.5 Å². The van der Waals surface area contributed by atoms with Crippen molar-refractivity contribution in [2.45, 2.75) is 25.7 Å². The molecule has 4 rings (SSSR count). The van der Waals surface area contributed by atoms with Crippen LogP contribution in [-0.4, -0.2) is 34.1 Å². The summed E-state index contributed by atoms with van der Waals surface area (Å²) in [4.78, 5) is 15.3. The second kappa shape index (κ2) is 6.99. The summed E-state index contributed by atoms with van der Waals surface area (Å²) in [5.74, 6) is 0.682. The largest absolute Gasteiger partial charge is 0.420 e. The smallest absolute Gasteiger partial charge is 0.263 e. The monoisotopic (exact) mass is 371 g/mol. The van der Waals surface area contributed by atoms with Crippen LogP contribution in [-0.2, 0) is 0 Å². The van der Waals surface area contributed by atoms with Gasteiger partial charge in [0, 0.05) is 18.7 Å². The van der Waals surface area contributed by atoms with Crippen LogP contribution in [0.2, 0.25) is 0 Å². The van der Waals surface area contributed by atoms with Crippen LogP contribution < -0.4 is 0 Å². The maximum absolute atomic E-state index is 13.1. The number of rotatable bonds is 3. The van der Waals surface area contributed by atoms with E-state index in [1.54, 1.807) is 12.1 Å². The van der Waals surface area contributed by atoms with E-state index in [0.29, 0.717) is 23.9 Å². The van der Waals surface area contributed by atoms with Gasteiger partial charge in [-0.05, 0) is 61.0 Å². The highest BCUT2D eigenvalue weighted by atomic mass is 32.1. The maximum atomic E-state index is 13.1. The van der Waals surface area contributed by atoms with E-state index in [1.807, 2.05) is 23.3 Å². The van der Waals surface area contributed by atoms with E-state index in [-0.39, 0.29) is 17.6 Å². The molecule has 5 nitrogen and oxygen atoms in total. The van der Waals surface area contributed by atoms with Gasteiger partial charge >= 0.3 is 0 Å². The lowest BCUT2D eigenvalue weighted by atomic mass is 9.98. The number of hydrogen-bond acceptors (Lipinski definition) is 5. The number of benzene rings is 1. The second-order valence-electron chi connectivity index (χ2n) is 6.53. The number of carbonyl (C=O) groups is 1. The molecule has 0 spiro atoms. The van der Waals surface area contributed by atoms with Crippen molar-refractivity contribution in [2.75, 3.05) is 13.1 Å². The van der Waals surface area contributed by atoms with Crippen LogP contribution in [0, 0.1) is 12.7 Å². The summed E-state index contributed by atoms with van der Waals surface area (Å²) in [7, 11) is 0. The lowest BCUT2D eigenvalue weighted by molar-refractivity contribution is 0.0703. The van der Waals surface area contributed by atoms with Crippen molar-refractivity contribution in [1.29, 1.82) is 0 Å². The quantitative estimate of drug-likeness (QED) is 0.690. The van der Waals surface area contributed by atoms with Crippen LogP contribution in [0.15, 0.2) is 40.1 Å². The molecule has 0 radical (unpaired) electrons. The molecule has 1 aliphatic heterocycles. The van der Waals surface area contributed by atoms with E-state index in [1.165, 1.54) is 23.5 Å². The minimum atomic E-state index is -0.307. The molecule has 134 valence electrons. The zero-order valence-electron chi connectivity index (χ0n) is 14.3. The molecular weight excluding hydrogens is 353 g/mol. The third-order valence-corrected chi connectivity index (χ3v) is 5.57. The Morgan fingerprint density at radius 1 is 1.31 bits per heavy atom. The first-order valence-electron chi connectivity index (χ1n) is 8.54. The molecule has 1 unspecified atom stereocenters. The van der Waals surface area contributed by atoms with Gasteiger partial charge in [-0.15, -0.1) is 21.5 Å². The minimum Gasteiger partial charge on any atom is -0.420 e. The Hall–Kier alpha value is -2.54. The highest BCUT2D eigenvalue weighted by Gasteiger charge is 2.29. The average molecular weight is 371 g/mol. The summed E-state index contributed by atoms with van der Waals surface area (Å²) in [6.07, 6.45) is 1.80. The molecule has 0 saturated carbocycles. The molecule has 0 N–H and O–H groups in total. The van der Waals surface area contributed by atoms with Gasteiger partial charge in [0.1, 0.15) is 5.82 Å². The van der Waals surface area contributed by atoms with E-state index in [9.17, 15) is 9.18 Å². The van der Waals surface area contributed by atoms with Gasteiger partial charge < -0.3 is 9.32 Å². The number of aryl methyl sites for hydroxylation is 1. The van der Waals surface area contributed by atoms with Crippen LogP contribution in [0.3, 0.4) is 0 Å². The average Bonchev–Trinajstić information content (AvgIpc) is 3.31. The van der Waals surface area contributed by atoms with Crippen LogP contribution in [0.4, 0.5) is 4.39 Å². The maximum Gasteiger partial charge on any atom is 0.263 e. The van der Waals surface area contributed by atoms with Crippen molar-refractivity contribution in [3.63, 3.8) is 0 Å². The van der Waals surface area contributed by atoms with Crippen molar-refractivity contribution in [2.24, 2.45) is 0 Å². The molecule has 2 aromatic heterocycles. The molecular formula is C19H18FN3O2S. The van der Waals surface area contributed by atoms with Crippen LogP contribution >= 0.6 is 11.3 Å². The minimum absolute atomic E-state index is 0.0236. The molecule has 1 saturated heterocycles. The number of carbonyl (C=O) groups excluding carboxylic acids is 1. The number of aromatic nitrogens is 2. The van der Waals surface area contributed by atoms with Crippen molar-refractivity contribution >= 4 is 17.2 Å². The van der Waals surface area contributed by atoms with Crippen molar-refractivity contribution < 1.29 is 13.6 Å². The standard InChI is InChI=1S/C19H18FN3O2S/c1-12-9-16(26-11-12)19(24)23-8-2-3-14(10-23)18-22-21-17(25-18)13-4-6-15(20)7-5-13/h4-7,9,11,14H,2-3,8,10H2,1H3. The lowest BCUT2D eigenvalue weighted by Gasteiger charge is -2.30. The van der Waals surface area contributed by atoms with Gasteiger partial charge in [0.25, 0.3) is 5.91 Å². The lowest BCUT2D eigenvalue weighted by Crippen LogP contribution is -2.38. The van der Waals surface area contributed by atoms with Gasteiger partial charge in [0.05, 0.1) is 10.8 Å². The molecule has 1 aromatic carbocycles. The second-order valence-corrected chi connectivity index (χ2v) is 7.44. The Bertz CT molecular complexity index is 919. The number of hydrogen-bond donors (Lipinski definition) is 0.